The van der Waals surface area contributed by atoms with Crippen LogP contribution in [0.15, 0.2) is 10.1 Å². The van der Waals surface area contributed by atoms with Gasteiger partial charge >= 0.3 is 5.97 Å². The van der Waals surface area contributed by atoms with E-state index in [0.717, 1.165) is 50.8 Å². The molecule has 0 aliphatic heterocycles. The van der Waals surface area contributed by atoms with Gasteiger partial charge in [0.2, 0.25) is 0 Å². The van der Waals surface area contributed by atoms with Gasteiger partial charge in [-0.2, -0.15) is 5.10 Å². The minimum absolute atomic E-state index is 0.00781. The Morgan fingerprint density at radius 2 is 1.70 bits per heavy atom. The summed E-state index contributed by atoms with van der Waals surface area (Å²) in [6.07, 6.45) is 8.90. The highest BCUT2D eigenvalue weighted by Crippen LogP contribution is 2.76. The minimum Gasteiger partial charge on any atom is -0.481 e. The van der Waals surface area contributed by atoms with Crippen molar-refractivity contribution in [2.45, 2.75) is 112 Å². The van der Waals surface area contributed by atoms with Gasteiger partial charge in [0.15, 0.2) is 0 Å². The second kappa shape index (κ2) is 7.46. The molecular weight excluding hydrogens is 526 g/mol. The Kier molecular flexibility index (Phi) is 5.23. The largest absolute Gasteiger partial charge is 0.481 e. The fourth-order valence-corrected chi connectivity index (χ4v) is 12.1. The Labute approximate surface area is 230 Å². The highest BCUT2D eigenvalue weighted by molar-refractivity contribution is 9.11. The lowest BCUT2D eigenvalue weighted by atomic mass is 9.33. The third-order valence-corrected chi connectivity index (χ3v) is 14.1. The minimum atomic E-state index is -0.610. The molecule has 1 unspecified atom stereocenters. The molecular formula is C31H46BrN3O2. The van der Waals surface area contributed by atoms with Gasteiger partial charge in [0.1, 0.15) is 5.82 Å². The van der Waals surface area contributed by atoms with Crippen LogP contribution in [0.1, 0.15) is 111 Å². The lowest BCUT2D eigenvalue weighted by molar-refractivity contribution is -0.177. The predicted molar refractivity (Wildman–Crippen MR) is 151 cm³/mol. The zero-order valence-electron chi connectivity index (χ0n) is 23.9. The van der Waals surface area contributed by atoms with Crippen molar-refractivity contribution in [1.29, 1.82) is 0 Å². The van der Waals surface area contributed by atoms with Gasteiger partial charge in [-0.25, -0.2) is 0 Å². The Morgan fingerprint density at radius 1 is 1.03 bits per heavy atom. The summed E-state index contributed by atoms with van der Waals surface area (Å²) in [6.45, 7) is 17.1. The number of fused-ring (bicyclic) bond motifs is 8. The van der Waals surface area contributed by atoms with Crippen LogP contribution in [-0.2, 0) is 16.6 Å². The molecule has 1 heterocycles. The molecule has 5 aliphatic rings. The summed E-state index contributed by atoms with van der Waals surface area (Å²) in [4.78, 5) is 12.9. The predicted octanol–water partition coefficient (Wildman–Crippen LogP) is 7.61. The number of carbonyl (C=O) groups is 1. The van der Waals surface area contributed by atoms with Crippen LogP contribution in [0, 0.1) is 44.8 Å². The number of carboxylic acid groups (broad SMARTS) is 1. The smallest absolute Gasteiger partial charge is 0.310 e. The van der Waals surface area contributed by atoms with Crippen LogP contribution in [0.25, 0.3) is 0 Å². The maximum absolute atomic E-state index is 12.9. The Bertz CT molecular complexity index is 1210. The number of rotatable bonds is 1. The first-order valence-electron chi connectivity index (χ1n) is 14.5. The number of aromatic nitrogens is 2. The Hall–Kier alpha value is -1.30. The number of carboxylic acids is 1. The molecule has 1 aromatic rings. The standard InChI is InChI=1S/C31H46BrN3O2/c1-26(2)10-12-31(25(36)37)13-11-30(7)22(18(31)16-26)19(32)14-21-28(5)15-17-23(34-35-24(17)33)27(3,4)20(28)8-9-29(21,30)6/h18,20-21H,8-16H2,1-7H3,(H,36,37)(H3,33,34,35)/t18-,20-,21?,28-,29+,30+,31-/m0/s1. The van der Waals surface area contributed by atoms with E-state index in [9.17, 15) is 9.90 Å². The number of aromatic amines is 1. The lowest BCUT2D eigenvalue weighted by Gasteiger charge is -2.71. The molecule has 6 rings (SSSR count). The topological polar surface area (TPSA) is 92.0 Å². The van der Waals surface area contributed by atoms with E-state index >= 15 is 0 Å². The van der Waals surface area contributed by atoms with Crippen LogP contribution < -0.4 is 5.73 Å². The van der Waals surface area contributed by atoms with Crippen LogP contribution in [0.3, 0.4) is 0 Å². The number of hydrogen-bond donors (Lipinski definition) is 3. The van der Waals surface area contributed by atoms with Crippen molar-refractivity contribution in [3.05, 3.63) is 21.3 Å². The van der Waals surface area contributed by atoms with E-state index in [0.29, 0.717) is 11.8 Å². The summed E-state index contributed by atoms with van der Waals surface area (Å²) in [6, 6.07) is 0. The van der Waals surface area contributed by atoms with Gasteiger partial charge in [0.05, 0.1) is 11.1 Å². The zero-order valence-corrected chi connectivity index (χ0v) is 25.4. The van der Waals surface area contributed by atoms with E-state index in [1.165, 1.54) is 34.2 Å². The molecule has 4 N–H and O–H groups in total. The molecule has 7 atom stereocenters. The van der Waals surface area contributed by atoms with Crippen molar-refractivity contribution < 1.29 is 9.90 Å². The molecule has 3 fully saturated rings. The molecule has 0 aromatic carbocycles. The highest BCUT2D eigenvalue weighted by Gasteiger charge is 2.70. The molecule has 204 valence electrons. The molecule has 1 aromatic heterocycles. The van der Waals surface area contributed by atoms with Crippen molar-refractivity contribution in [3.63, 3.8) is 0 Å². The molecule has 5 aliphatic carbocycles. The fourth-order valence-electron chi connectivity index (χ4n) is 11.1. The molecule has 0 spiro atoms. The highest BCUT2D eigenvalue weighted by atomic mass is 79.9. The lowest BCUT2D eigenvalue weighted by Crippen LogP contribution is -2.65. The average molecular weight is 573 g/mol. The van der Waals surface area contributed by atoms with Crippen LogP contribution in [0.2, 0.25) is 0 Å². The number of nitrogens with two attached hydrogens (primary N) is 1. The second-order valence-corrected chi connectivity index (χ2v) is 16.6. The molecule has 6 heteroatoms. The maximum Gasteiger partial charge on any atom is 0.310 e. The third kappa shape index (κ3) is 3.03. The van der Waals surface area contributed by atoms with E-state index in [4.69, 9.17) is 10.8 Å². The SMILES string of the molecule is CC1(C)CC[C@]2(C(=O)O)CC[C@]3(C)C(=C(Br)CC4[C@@]5(C)Cc6c(n[nH]c6N)C(C)(C)[C@@H]5CC[C@]43C)[C@@H]2C1. The second-order valence-electron chi connectivity index (χ2n) is 15.7. The van der Waals surface area contributed by atoms with Gasteiger partial charge < -0.3 is 10.8 Å². The normalized spacial score (nSPS) is 45.7. The van der Waals surface area contributed by atoms with Crippen LogP contribution in [-0.4, -0.2) is 21.3 Å². The van der Waals surface area contributed by atoms with Gasteiger partial charge in [-0.15, -0.1) is 0 Å². The average Bonchev–Trinajstić information content (AvgIpc) is 3.15. The number of nitrogens with zero attached hydrogens (tertiary/aromatic N) is 1. The zero-order chi connectivity index (χ0) is 27.0. The molecule has 3 saturated carbocycles. The molecule has 5 nitrogen and oxygen atoms in total. The van der Waals surface area contributed by atoms with Crippen molar-refractivity contribution in [1.82, 2.24) is 10.2 Å². The number of anilines is 1. The number of nitrogens with one attached hydrogen (secondary N) is 1. The molecule has 0 radical (unpaired) electrons. The number of H-pyrrole nitrogens is 1. The molecule has 0 amide bonds. The van der Waals surface area contributed by atoms with E-state index in [2.05, 4.69) is 69.5 Å². The van der Waals surface area contributed by atoms with Gasteiger partial charge in [-0.3, -0.25) is 9.89 Å². The first-order chi connectivity index (χ1) is 17.0. The monoisotopic (exact) mass is 571 g/mol. The van der Waals surface area contributed by atoms with E-state index in [-0.39, 0.29) is 33.0 Å². The molecule has 0 saturated heterocycles. The fraction of sp³-hybridized carbons (Fsp3) is 0.806. The molecule has 0 bridgehead atoms. The van der Waals surface area contributed by atoms with Gasteiger partial charge in [-0.05, 0) is 107 Å². The van der Waals surface area contributed by atoms with Crippen LogP contribution in [0.5, 0.6) is 0 Å². The van der Waals surface area contributed by atoms with Crippen LogP contribution >= 0.6 is 15.9 Å². The number of aliphatic carboxylic acids is 1. The van der Waals surface area contributed by atoms with Crippen molar-refractivity contribution in [2.75, 3.05) is 5.73 Å². The summed E-state index contributed by atoms with van der Waals surface area (Å²) in [5.41, 5.74) is 10.1. The van der Waals surface area contributed by atoms with Crippen molar-refractivity contribution >= 4 is 27.7 Å². The number of nitrogen functional groups attached to an aromatic ring is 1. The van der Waals surface area contributed by atoms with Gasteiger partial charge in [0.25, 0.3) is 0 Å². The summed E-state index contributed by atoms with van der Waals surface area (Å²) < 4.78 is 1.32. The van der Waals surface area contributed by atoms with Crippen molar-refractivity contribution in [3.8, 4) is 0 Å². The molecule has 37 heavy (non-hydrogen) atoms. The van der Waals surface area contributed by atoms with E-state index in [1.807, 2.05) is 0 Å². The first-order valence-corrected chi connectivity index (χ1v) is 15.3. The van der Waals surface area contributed by atoms with E-state index in [1.54, 1.807) is 0 Å². The first kappa shape index (κ1) is 26.0. The number of hydrogen-bond acceptors (Lipinski definition) is 3. The number of halogens is 1. The van der Waals surface area contributed by atoms with Gasteiger partial charge in [0, 0.05) is 11.0 Å². The summed E-state index contributed by atoms with van der Waals surface area (Å²) in [7, 11) is 0. The maximum atomic E-state index is 12.9. The summed E-state index contributed by atoms with van der Waals surface area (Å²) >= 11 is 4.18. The quantitative estimate of drug-likeness (QED) is 0.323. The third-order valence-electron chi connectivity index (χ3n) is 13.3. The van der Waals surface area contributed by atoms with Crippen molar-refractivity contribution in [2.24, 2.45) is 44.8 Å². The number of allylic oxidation sites excluding steroid dienone is 2. The Morgan fingerprint density at radius 3 is 2.38 bits per heavy atom. The van der Waals surface area contributed by atoms with Gasteiger partial charge in [-0.1, -0.05) is 64.4 Å². The van der Waals surface area contributed by atoms with E-state index < -0.39 is 11.4 Å². The summed E-state index contributed by atoms with van der Waals surface area (Å²) in [5, 5.41) is 18.5. The van der Waals surface area contributed by atoms with Crippen LogP contribution in [0.4, 0.5) is 5.82 Å². The summed E-state index contributed by atoms with van der Waals surface area (Å²) in [5.74, 6) is 1.32. The Balaban J connectivity index is 1.51.